The van der Waals surface area contributed by atoms with Gasteiger partial charge in [0.05, 0.1) is 11.6 Å². The van der Waals surface area contributed by atoms with Crippen LogP contribution in [0, 0.1) is 11.7 Å². The lowest BCUT2D eigenvalue weighted by molar-refractivity contribution is -0.136. The van der Waals surface area contributed by atoms with Gasteiger partial charge in [-0.3, -0.25) is 14.4 Å². The first-order valence-corrected chi connectivity index (χ1v) is 8.61. The molecule has 0 spiro atoms. The van der Waals surface area contributed by atoms with Gasteiger partial charge in [0, 0.05) is 26.1 Å². The smallest absolute Gasteiger partial charge is 0.244 e. The van der Waals surface area contributed by atoms with E-state index in [4.69, 9.17) is 0 Å². The molecule has 6 nitrogen and oxygen atoms in total. The van der Waals surface area contributed by atoms with Gasteiger partial charge in [-0.1, -0.05) is 12.1 Å². The van der Waals surface area contributed by atoms with Gasteiger partial charge in [-0.05, 0) is 31.9 Å². The summed E-state index contributed by atoms with van der Waals surface area (Å²) in [6.45, 7) is 3.23. The monoisotopic (exact) mass is 347 g/mol. The molecule has 2 atom stereocenters. The average Bonchev–Trinajstić information content (AvgIpc) is 3.24. The molecular formula is C18H22FN3O3. The number of halogens is 1. The second-order valence-electron chi connectivity index (χ2n) is 6.62. The molecule has 0 bridgehead atoms. The third-order valence-corrected chi connectivity index (χ3v) is 4.79. The summed E-state index contributed by atoms with van der Waals surface area (Å²) in [5.41, 5.74) is 0.184. The second-order valence-corrected chi connectivity index (χ2v) is 6.62. The molecule has 0 unspecified atom stereocenters. The minimum absolute atomic E-state index is 0.0186. The fourth-order valence-corrected chi connectivity index (χ4v) is 3.39. The van der Waals surface area contributed by atoms with Gasteiger partial charge >= 0.3 is 0 Å². The number of rotatable bonds is 4. The summed E-state index contributed by atoms with van der Waals surface area (Å²) in [5.74, 6) is -1.80. The standard InChI is InChI=1S/C18H22FN3O3/c1-12(18(25)21-8-4-5-9-21)20-17(24)13-10-16(23)22(11-13)15-7-3-2-6-14(15)19/h2-3,6-7,12-13H,4-5,8-11H2,1H3,(H,20,24)/t12-,13-/m1/s1. The van der Waals surface area contributed by atoms with E-state index in [-0.39, 0.29) is 36.4 Å². The SMILES string of the molecule is C[C@@H](NC(=O)[C@@H]1CC(=O)N(c2ccccc2F)C1)C(=O)N1CCCC1. The average molecular weight is 347 g/mol. The van der Waals surface area contributed by atoms with Crippen LogP contribution in [0.2, 0.25) is 0 Å². The third kappa shape index (κ3) is 3.65. The number of anilines is 1. The van der Waals surface area contributed by atoms with E-state index >= 15 is 0 Å². The van der Waals surface area contributed by atoms with Gasteiger partial charge in [0.1, 0.15) is 11.9 Å². The van der Waals surface area contributed by atoms with Crippen molar-refractivity contribution in [3.63, 3.8) is 0 Å². The maximum absolute atomic E-state index is 13.9. The molecule has 3 amide bonds. The van der Waals surface area contributed by atoms with Crippen LogP contribution in [-0.2, 0) is 14.4 Å². The molecule has 2 aliphatic heterocycles. The Kier molecular flexibility index (Phi) is 5.01. The summed E-state index contributed by atoms with van der Waals surface area (Å²) in [4.78, 5) is 39.9. The van der Waals surface area contributed by atoms with E-state index in [1.807, 2.05) is 0 Å². The van der Waals surface area contributed by atoms with Crippen molar-refractivity contribution in [2.45, 2.75) is 32.2 Å². The number of nitrogens with one attached hydrogen (secondary N) is 1. The summed E-state index contributed by atoms with van der Waals surface area (Å²) in [5, 5.41) is 2.70. The molecule has 1 aromatic carbocycles. The van der Waals surface area contributed by atoms with Crippen LogP contribution < -0.4 is 10.2 Å². The number of likely N-dealkylation sites (tertiary alicyclic amines) is 1. The molecule has 7 heteroatoms. The summed E-state index contributed by atoms with van der Waals surface area (Å²) in [6.07, 6.45) is 1.99. The highest BCUT2D eigenvalue weighted by atomic mass is 19.1. The second kappa shape index (κ2) is 7.21. The Morgan fingerprint density at radius 1 is 1.24 bits per heavy atom. The molecule has 2 aliphatic rings. The lowest BCUT2D eigenvalue weighted by Crippen LogP contribution is -2.48. The minimum atomic E-state index is -0.622. The van der Waals surface area contributed by atoms with Crippen molar-refractivity contribution in [2.75, 3.05) is 24.5 Å². The lowest BCUT2D eigenvalue weighted by atomic mass is 10.1. The van der Waals surface area contributed by atoms with Crippen molar-refractivity contribution in [1.29, 1.82) is 0 Å². The largest absolute Gasteiger partial charge is 0.344 e. The topological polar surface area (TPSA) is 69.7 Å². The number of para-hydroxylation sites is 1. The van der Waals surface area contributed by atoms with E-state index < -0.39 is 17.8 Å². The Bertz CT molecular complexity index is 688. The zero-order valence-electron chi connectivity index (χ0n) is 14.2. The minimum Gasteiger partial charge on any atom is -0.344 e. The normalized spacial score (nSPS) is 21.5. The molecule has 1 N–H and O–H groups in total. The highest BCUT2D eigenvalue weighted by molar-refractivity contribution is 6.01. The van der Waals surface area contributed by atoms with Gasteiger partial charge in [-0.2, -0.15) is 0 Å². The molecule has 1 aromatic rings. The molecule has 2 saturated heterocycles. The number of carbonyl (C=O) groups excluding carboxylic acids is 3. The molecule has 0 aromatic heterocycles. The van der Waals surface area contributed by atoms with Crippen LogP contribution >= 0.6 is 0 Å². The van der Waals surface area contributed by atoms with Crippen LogP contribution in [0.15, 0.2) is 24.3 Å². The Morgan fingerprint density at radius 2 is 1.92 bits per heavy atom. The summed E-state index contributed by atoms with van der Waals surface area (Å²) < 4.78 is 13.9. The van der Waals surface area contributed by atoms with E-state index in [0.29, 0.717) is 0 Å². The van der Waals surface area contributed by atoms with E-state index in [9.17, 15) is 18.8 Å². The fourth-order valence-electron chi connectivity index (χ4n) is 3.39. The predicted octanol–water partition coefficient (Wildman–Crippen LogP) is 1.31. The van der Waals surface area contributed by atoms with Crippen molar-refractivity contribution in [1.82, 2.24) is 10.2 Å². The lowest BCUT2D eigenvalue weighted by Gasteiger charge is -2.22. The highest BCUT2D eigenvalue weighted by Crippen LogP contribution is 2.27. The zero-order valence-corrected chi connectivity index (χ0v) is 14.2. The van der Waals surface area contributed by atoms with Crippen LogP contribution in [0.1, 0.15) is 26.2 Å². The number of benzene rings is 1. The van der Waals surface area contributed by atoms with E-state index in [0.717, 1.165) is 25.9 Å². The van der Waals surface area contributed by atoms with E-state index in [1.165, 1.54) is 17.0 Å². The van der Waals surface area contributed by atoms with E-state index in [1.54, 1.807) is 24.0 Å². The molecule has 0 saturated carbocycles. The molecule has 25 heavy (non-hydrogen) atoms. The Hall–Kier alpha value is -2.44. The van der Waals surface area contributed by atoms with Crippen LogP contribution in [-0.4, -0.2) is 48.3 Å². The maximum atomic E-state index is 13.9. The molecule has 134 valence electrons. The summed E-state index contributed by atoms with van der Waals surface area (Å²) in [7, 11) is 0. The van der Waals surface area contributed by atoms with Gasteiger partial charge in [0.15, 0.2) is 0 Å². The summed E-state index contributed by atoms with van der Waals surface area (Å²) >= 11 is 0. The molecule has 0 aliphatic carbocycles. The third-order valence-electron chi connectivity index (χ3n) is 4.79. The Labute approximate surface area is 146 Å². The van der Waals surface area contributed by atoms with Crippen molar-refractivity contribution in [3.05, 3.63) is 30.1 Å². The van der Waals surface area contributed by atoms with Crippen LogP contribution in [0.4, 0.5) is 10.1 Å². The maximum Gasteiger partial charge on any atom is 0.244 e. The van der Waals surface area contributed by atoms with Gasteiger partial charge < -0.3 is 15.1 Å². The van der Waals surface area contributed by atoms with Crippen molar-refractivity contribution < 1.29 is 18.8 Å². The van der Waals surface area contributed by atoms with E-state index in [2.05, 4.69) is 5.32 Å². The van der Waals surface area contributed by atoms with Crippen molar-refractivity contribution in [2.24, 2.45) is 5.92 Å². The summed E-state index contributed by atoms with van der Waals surface area (Å²) in [6, 6.07) is 5.38. The van der Waals surface area contributed by atoms with Gasteiger partial charge in [0.25, 0.3) is 0 Å². The van der Waals surface area contributed by atoms with Crippen molar-refractivity contribution >= 4 is 23.4 Å². The number of carbonyl (C=O) groups is 3. The molecule has 3 rings (SSSR count). The first kappa shape index (κ1) is 17.4. The molecule has 0 radical (unpaired) electrons. The zero-order chi connectivity index (χ0) is 18.0. The highest BCUT2D eigenvalue weighted by Gasteiger charge is 2.37. The first-order valence-electron chi connectivity index (χ1n) is 8.61. The fraction of sp³-hybridized carbons (Fsp3) is 0.500. The number of amides is 3. The molecular weight excluding hydrogens is 325 g/mol. The van der Waals surface area contributed by atoms with Crippen LogP contribution in [0.3, 0.4) is 0 Å². The molecule has 2 heterocycles. The number of hydrogen-bond donors (Lipinski definition) is 1. The van der Waals surface area contributed by atoms with Gasteiger partial charge in [-0.15, -0.1) is 0 Å². The van der Waals surface area contributed by atoms with Crippen LogP contribution in [0.25, 0.3) is 0 Å². The number of hydrogen-bond acceptors (Lipinski definition) is 3. The molecule has 2 fully saturated rings. The number of nitrogens with zero attached hydrogens (tertiary/aromatic N) is 2. The van der Waals surface area contributed by atoms with Crippen LogP contribution in [0.5, 0.6) is 0 Å². The van der Waals surface area contributed by atoms with Crippen molar-refractivity contribution in [3.8, 4) is 0 Å². The Morgan fingerprint density at radius 3 is 2.60 bits per heavy atom. The Balaban J connectivity index is 1.61. The quantitative estimate of drug-likeness (QED) is 0.893. The predicted molar refractivity (Wildman–Crippen MR) is 90.3 cm³/mol. The van der Waals surface area contributed by atoms with Gasteiger partial charge in [0.2, 0.25) is 17.7 Å². The van der Waals surface area contributed by atoms with Gasteiger partial charge in [-0.25, -0.2) is 4.39 Å². The first-order chi connectivity index (χ1) is 12.0.